The molecule has 5 rings (SSSR count). The van der Waals surface area contributed by atoms with Crippen molar-refractivity contribution in [2.24, 2.45) is 0 Å². The molecule has 1 aliphatic rings. The second-order valence-electron chi connectivity index (χ2n) is 6.98. The number of hydrogen-bond acceptors (Lipinski definition) is 6. The van der Waals surface area contributed by atoms with Crippen molar-refractivity contribution in [2.75, 3.05) is 31.1 Å². The average Bonchev–Trinajstić information content (AvgIpc) is 3.25. The summed E-state index contributed by atoms with van der Waals surface area (Å²) in [7, 11) is 0. The predicted molar refractivity (Wildman–Crippen MR) is 108 cm³/mol. The van der Waals surface area contributed by atoms with Crippen LogP contribution in [0.4, 0.5) is 5.95 Å². The molecule has 140 valence electrons. The van der Waals surface area contributed by atoms with Crippen LogP contribution in [0.1, 0.15) is 5.56 Å². The Morgan fingerprint density at radius 3 is 2.50 bits per heavy atom. The van der Waals surface area contributed by atoms with E-state index in [9.17, 15) is 0 Å². The van der Waals surface area contributed by atoms with Crippen LogP contribution in [-0.4, -0.2) is 56.3 Å². The first-order valence-corrected chi connectivity index (χ1v) is 9.52. The van der Waals surface area contributed by atoms with Gasteiger partial charge in [0.15, 0.2) is 0 Å². The number of aromatic nitrogens is 5. The van der Waals surface area contributed by atoms with Gasteiger partial charge in [0.05, 0.1) is 11.2 Å². The highest BCUT2D eigenvalue weighted by molar-refractivity contribution is 5.81. The molecule has 2 aromatic carbocycles. The third-order valence-corrected chi connectivity index (χ3v) is 5.22. The van der Waals surface area contributed by atoms with Gasteiger partial charge in [0.25, 0.3) is 0 Å². The van der Waals surface area contributed by atoms with Gasteiger partial charge in [-0.05, 0) is 34.2 Å². The first-order valence-electron chi connectivity index (χ1n) is 9.52. The fourth-order valence-corrected chi connectivity index (χ4v) is 3.76. The van der Waals surface area contributed by atoms with E-state index in [0.29, 0.717) is 0 Å². The molecule has 2 aromatic heterocycles. The van der Waals surface area contributed by atoms with Crippen molar-refractivity contribution < 1.29 is 0 Å². The lowest BCUT2D eigenvalue weighted by molar-refractivity contribution is 0.249. The maximum Gasteiger partial charge on any atom is 0.250 e. The molecular formula is C21H21N7. The summed E-state index contributed by atoms with van der Waals surface area (Å²) in [4.78, 5) is 9.30. The van der Waals surface area contributed by atoms with Crippen LogP contribution >= 0.6 is 0 Å². The zero-order chi connectivity index (χ0) is 18.8. The SMILES string of the molecule is c1ccc(-n2nnnc2N2CCN(Cc3cccc4cccnc34)CC2)cc1. The number of benzene rings is 2. The van der Waals surface area contributed by atoms with Crippen LogP contribution in [0, 0.1) is 0 Å². The first-order chi connectivity index (χ1) is 13.9. The first kappa shape index (κ1) is 16.8. The minimum absolute atomic E-state index is 0.803. The van der Waals surface area contributed by atoms with Crippen LogP contribution < -0.4 is 4.90 Å². The standard InChI is InChI=1S/C21H21N7/c1-2-9-19(10-3-1)28-21(23-24-25-28)27-14-12-26(13-15-27)16-18-7-4-6-17-8-5-11-22-20(17)18/h1-11H,12-16H2. The summed E-state index contributed by atoms with van der Waals surface area (Å²) in [6.07, 6.45) is 1.87. The second kappa shape index (κ2) is 7.36. The monoisotopic (exact) mass is 371 g/mol. The molecule has 0 aliphatic carbocycles. The third kappa shape index (κ3) is 3.20. The van der Waals surface area contributed by atoms with E-state index < -0.39 is 0 Å². The van der Waals surface area contributed by atoms with Crippen molar-refractivity contribution in [2.45, 2.75) is 6.54 Å². The molecule has 7 nitrogen and oxygen atoms in total. The Bertz CT molecular complexity index is 1060. The zero-order valence-corrected chi connectivity index (χ0v) is 15.5. The minimum Gasteiger partial charge on any atom is -0.337 e. The van der Waals surface area contributed by atoms with Gasteiger partial charge in [0, 0.05) is 44.3 Å². The molecule has 0 atom stereocenters. The van der Waals surface area contributed by atoms with E-state index in [4.69, 9.17) is 0 Å². The number of pyridine rings is 1. The molecule has 1 saturated heterocycles. The number of piperazine rings is 1. The number of hydrogen-bond donors (Lipinski definition) is 0. The highest BCUT2D eigenvalue weighted by atomic mass is 15.6. The van der Waals surface area contributed by atoms with Gasteiger partial charge in [0.2, 0.25) is 5.95 Å². The molecule has 0 amide bonds. The van der Waals surface area contributed by atoms with Crippen molar-refractivity contribution in [1.82, 2.24) is 30.1 Å². The van der Waals surface area contributed by atoms with E-state index in [1.807, 2.05) is 47.3 Å². The van der Waals surface area contributed by atoms with E-state index in [-0.39, 0.29) is 0 Å². The highest BCUT2D eigenvalue weighted by Crippen LogP contribution is 2.20. The molecule has 0 unspecified atom stereocenters. The normalized spacial score (nSPS) is 15.2. The van der Waals surface area contributed by atoms with Crippen molar-refractivity contribution in [3.8, 4) is 5.69 Å². The molecule has 0 spiro atoms. The fourth-order valence-electron chi connectivity index (χ4n) is 3.76. The van der Waals surface area contributed by atoms with E-state index in [0.717, 1.165) is 49.9 Å². The number of anilines is 1. The van der Waals surface area contributed by atoms with Crippen LogP contribution in [0.2, 0.25) is 0 Å². The maximum absolute atomic E-state index is 4.58. The van der Waals surface area contributed by atoms with Crippen molar-refractivity contribution >= 4 is 16.9 Å². The van der Waals surface area contributed by atoms with Gasteiger partial charge in [-0.2, -0.15) is 4.68 Å². The van der Waals surface area contributed by atoms with Gasteiger partial charge in [-0.3, -0.25) is 9.88 Å². The van der Waals surface area contributed by atoms with Crippen LogP contribution in [0.5, 0.6) is 0 Å². The van der Waals surface area contributed by atoms with Gasteiger partial charge in [-0.1, -0.05) is 47.6 Å². The summed E-state index contributed by atoms with van der Waals surface area (Å²) in [5.41, 5.74) is 3.35. The lowest BCUT2D eigenvalue weighted by atomic mass is 10.1. The van der Waals surface area contributed by atoms with Crippen molar-refractivity contribution in [3.05, 3.63) is 72.4 Å². The molecule has 0 saturated carbocycles. The van der Waals surface area contributed by atoms with Gasteiger partial charge < -0.3 is 4.90 Å². The Labute approximate surface area is 163 Å². The Kier molecular flexibility index (Phi) is 4.42. The molecule has 0 N–H and O–H groups in total. The number of para-hydroxylation sites is 2. The van der Waals surface area contributed by atoms with Crippen LogP contribution in [0.25, 0.3) is 16.6 Å². The van der Waals surface area contributed by atoms with Crippen molar-refractivity contribution in [1.29, 1.82) is 0 Å². The lowest BCUT2D eigenvalue weighted by Crippen LogP contribution is -2.46. The average molecular weight is 371 g/mol. The Morgan fingerprint density at radius 2 is 1.64 bits per heavy atom. The minimum atomic E-state index is 0.803. The van der Waals surface area contributed by atoms with Gasteiger partial charge in [-0.15, -0.1) is 0 Å². The Balaban J connectivity index is 1.29. The van der Waals surface area contributed by atoms with E-state index >= 15 is 0 Å². The van der Waals surface area contributed by atoms with Gasteiger partial charge in [0.1, 0.15) is 0 Å². The summed E-state index contributed by atoms with van der Waals surface area (Å²) in [5.74, 6) is 0.803. The molecular weight excluding hydrogens is 350 g/mol. The molecule has 3 heterocycles. The molecule has 0 radical (unpaired) electrons. The molecule has 28 heavy (non-hydrogen) atoms. The smallest absolute Gasteiger partial charge is 0.250 e. The number of rotatable bonds is 4. The van der Waals surface area contributed by atoms with Gasteiger partial charge >= 0.3 is 0 Å². The van der Waals surface area contributed by atoms with Crippen molar-refractivity contribution in [3.63, 3.8) is 0 Å². The quantitative estimate of drug-likeness (QED) is 0.549. The number of fused-ring (bicyclic) bond motifs is 1. The Morgan fingerprint density at radius 1 is 0.821 bits per heavy atom. The molecule has 4 aromatic rings. The summed E-state index contributed by atoms with van der Waals surface area (Å²) in [5, 5.41) is 13.5. The third-order valence-electron chi connectivity index (χ3n) is 5.22. The number of tetrazole rings is 1. The molecule has 1 aliphatic heterocycles. The summed E-state index contributed by atoms with van der Waals surface area (Å²) < 4.78 is 1.81. The predicted octanol–water partition coefficient (Wildman–Crippen LogP) is 2.53. The highest BCUT2D eigenvalue weighted by Gasteiger charge is 2.22. The van der Waals surface area contributed by atoms with E-state index in [1.54, 1.807) is 0 Å². The van der Waals surface area contributed by atoms with E-state index in [2.05, 4.69) is 54.6 Å². The molecule has 1 fully saturated rings. The number of nitrogens with zero attached hydrogens (tertiary/aromatic N) is 7. The van der Waals surface area contributed by atoms with Crippen LogP contribution in [0.15, 0.2) is 66.9 Å². The lowest BCUT2D eigenvalue weighted by Gasteiger charge is -2.34. The molecule has 0 bridgehead atoms. The summed E-state index contributed by atoms with van der Waals surface area (Å²) in [6.45, 7) is 4.62. The molecule has 7 heteroatoms. The largest absolute Gasteiger partial charge is 0.337 e. The summed E-state index contributed by atoms with van der Waals surface area (Å²) >= 11 is 0. The Hall–Kier alpha value is -3.32. The van der Waals surface area contributed by atoms with Crippen LogP contribution in [0.3, 0.4) is 0 Å². The maximum atomic E-state index is 4.58. The topological polar surface area (TPSA) is 63.0 Å². The second-order valence-corrected chi connectivity index (χ2v) is 6.98. The van der Waals surface area contributed by atoms with Gasteiger partial charge in [-0.25, -0.2) is 0 Å². The summed E-state index contributed by atoms with van der Waals surface area (Å²) in [6, 6.07) is 20.5. The zero-order valence-electron chi connectivity index (χ0n) is 15.5. The fraction of sp³-hybridized carbons (Fsp3) is 0.238. The van der Waals surface area contributed by atoms with E-state index in [1.165, 1.54) is 10.9 Å². The van der Waals surface area contributed by atoms with Crippen LogP contribution in [-0.2, 0) is 6.54 Å².